The summed E-state index contributed by atoms with van der Waals surface area (Å²) in [6.07, 6.45) is 0. The maximum absolute atomic E-state index is 11.3. The molecule has 4 nitrogen and oxygen atoms in total. The van der Waals surface area contributed by atoms with Crippen LogP contribution < -0.4 is 11.0 Å². The van der Waals surface area contributed by atoms with Gasteiger partial charge in [-0.15, -0.1) is 0 Å². The topological polar surface area (TPSA) is 60.7 Å². The van der Waals surface area contributed by atoms with E-state index in [0.29, 0.717) is 5.02 Å². The van der Waals surface area contributed by atoms with E-state index in [2.05, 4.69) is 38.1 Å². The molecule has 108 valence electrons. The third kappa shape index (κ3) is 2.99. The number of aromatic amines is 2. The van der Waals surface area contributed by atoms with Gasteiger partial charge in [0.05, 0.1) is 16.1 Å². The third-order valence-corrected chi connectivity index (χ3v) is 4.56. The van der Waals surface area contributed by atoms with Crippen LogP contribution in [0.15, 0.2) is 45.7 Å². The van der Waals surface area contributed by atoms with Crippen LogP contribution in [-0.2, 0) is 0 Å². The number of fused-ring (bicyclic) bond motifs is 1. The second-order valence-electron chi connectivity index (χ2n) is 4.88. The predicted octanol–water partition coefficient (Wildman–Crippen LogP) is 4.45. The average molecular weight is 367 g/mol. The van der Waals surface area contributed by atoms with Crippen LogP contribution in [0, 0.1) is 0 Å². The number of imidazole rings is 1. The molecule has 1 unspecified atom stereocenters. The average Bonchev–Trinajstić information content (AvgIpc) is 2.82. The molecule has 0 saturated carbocycles. The first-order valence-electron chi connectivity index (χ1n) is 6.46. The van der Waals surface area contributed by atoms with E-state index in [1.165, 1.54) is 0 Å². The van der Waals surface area contributed by atoms with E-state index >= 15 is 0 Å². The van der Waals surface area contributed by atoms with E-state index in [9.17, 15) is 4.79 Å². The molecule has 1 aromatic heterocycles. The fourth-order valence-electron chi connectivity index (χ4n) is 2.24. The lowest BCUT2D eigenvalue weighted by Gasteiger charge is -2.16. The maximum Gasteiger partial charge on any atom is 0.323 e. The van der Waals surface area contributed by atoms with Crippen molar-refractivity contribution in [2.45, 2.75) is 13.0 Å². The van der Waals surface area contributed by atoms with Crippen LogP contribution >= 0.6 is 27.5 Å². The SMILES string of the molecule is CC(Nc1ccc(Cl)c(Br)c1)c1ccc2[nH]c(=O)[nH]c2c1. The van der Waals surface area contributed by atoms with Crippen LogP contribution in [0.2, 0.25) is 5.02 Å². The number of benzene rings is 2. The van der Waals surface area contributed by atoms with Gasteiger partial charge in [0.2, 0.25) is 0 Å². The Labute approximate surface area is 134 Å². The van der Waals surface area contributed by atoms with Crippen molar-refractivity contribution in [3.05, 3.63) is 61.9 Å². The minimum Gasteiger partial charge on any atom is -0.378 e. The highest BCUT2D eigenvalue weighted by Gasteiger charge is 2.08. The van der Waals surface area contributed by atoms with E-state index in [-0.39, 0.29) is 11.7 Å². The lowest BCUT2D eigenvalue weighted by atomic mass is 10.1. The number of nitrogens with one attached hydrogen (secondary N) is 3. The van der Waals surface area contributed by atoms with Crippen LogP contribution in [0.1, 0.15) is 18.5 Å². The molecule has 21 heavy (non-hydrogen) atoms. The Morgan fingerprint density at radius 3 is 2.67 bits per heavy atom. The van der Waals surface area contributed by atoms with Crippen molar-refractivity contribution < 1.29 is 0 Å². The molecule has 3 aromatic rings. The molecule has 0 saturated heterocycles. The molecule has 0 spiro atoms. The summed E-state index contributed by atoms with van der Waals surface area (Å²) in [7, 11) is 0. The van der Waals surface area contributed by atoms with Gasteiger partial charge in [-0.3, -0.25) is 0 Å². The van der Waals surface area contributed by atoms with Crippen molar-refractivity contribution in [1.82, 2.24) is 9.97 Å². The van der Waals surface area contributed by atoms with Gasteiger partial charge in [0.1, 0.15) is 0 Å². The first-order valence-corrected chi connectivity index (χ1v) is 7.63. The molecule has 0 amide bonds. The molecule has 0 radical (unpaired) electrons. The molecule has 0 aliphatic carbocycles. The van der Waals surface area contributed by atoms with Crippen LogP contribution in [-0.4, -0.2) is 9.97 Å². The van der Waals surface area contributed by atoms with Crippen molar-refractivity contribution in [2.24, 2.45) is 0 Å². The molecule has 3 rings (SSSR count). The van der Waals surface area contributed by atoms with Gasteiger partial charge in [0, 0.05) is 16.2 Å². The van der Waals surface area contributed by atoms with Gasteiger partial charge >= 0.3 is 5.69 Å². The number of hydrogen-bond donors (Lipinski definition) is 3. The summed E-state index contributed by atoms with van der Waals surface area (Å²) in [5, 5.41) is 4.09. The number of halogens is 2. The van der Waals surface area contributed by atoms with E-state index in [4.69, 9.17) is 11.6 Å². The van der Waals surface area contributed by atoms with E-state index in [0.717, 1.165) is 26.8 Å². The molecule has 3 N–H and O–H groups in total. The lowest BCUT2D eigenvalue weighted by molar-refractivity contribution is 0.886. The zero-order valence-electron chi connectivity index (χ0n) is 11.2. The minimum absolute atomic E-state index is 0.0980. The van der Waals surface area contributed by atoms with Crippen molar-refractivity contribution in [3.63, 3.8) is 0 Å². The van der Waals surface area contributed by atoms with Crippen molar-refractivity contribution in [2.75, 3.05) is 5.32 Å². The van der Waals surface area contributed by atoms with E-state index in [1.54, 1.807) is 0 Å². The van der Waals surface area contributed by atoms with Gasteiger partial charge in [-0.1, -0.05) is 17.7 Å². The molecule has 0 bridgehead atoms. The standard InChI is InChI=1S/C15H13BrClN3O/c1-8(18-10-3-4-12(17)11(16)7-10)9-2-5-13-14(6-9)20-15(21)19-13/h2-8,18H,1H3,(H2,19,20,21). The number of rotatable bonds is 3. The van der Waals surface area contributed by atoms with Gasteiger partial charge in [-0.05, 0) is 58.7 Å². The third-order valence-electron chi connectivity index (χ3n) is 3.34. The molecule has 2 aromatic carbocycles. The van der Waals surface area contributed by atoms with Gasteiger partial charge in [-0.25, -0.2) is 4.79 Å². The monoisotopic (exact) mass is 365 g/mol. The highest BCUT2D eigenvalue weighted by atomic mass is 79.9. The maximum atomic E-state index is 11.3. The Bertz CT molecular complexity index is 855. The Morgan fingerprint density at radius 1 is 1.14 bits per heavy atom. The number of aromatic nitrogens is 2. The second kappa shape index (κ2) is 5.58. The molecular formula is C15H13BrClN3O. The van der Waals surface area contributed by atoms with Crippen LogP contribution in [0.3, 0.4) is 0 Å². The van der Waals surface area contributed by atoms with Gasteiger partial charge < -0.3 is 15.3 Å². The summed E-state index contributed by atoms with van der Waals surface area (Å²) >= 11 is 9.40. The molecule has 0 aliphatic heterocycles. The van der Waals surface area contributed by atoms with Crippen LogP contribution in [0.25, 0.3) is 11.0 Å². The highest BCUT2D eigenvalue weighted by molar-refractivity contribution is 9.10. The molecule has 1 heterocycles. The molecule has 0 fully saturated rings. The minimum atomic E-state index is -0.190. The zero-order valence-corrected chi connectivity index (χ0v) is 13.5. The van der Waals surface area contributed by atoms with Crippen LogP contribution in [0.4, 0.5) is 5.69 Å². The van der Waals surface area contributed by atoms with Gasteiger partial charge in [0.25, 0.3) is 0 Å². The number of H-pyrrole nitrogens is 2. The second-order valence-corrected chi connectivity index (χ2v) is 6.14. The normalized spacial score (nSPS) is 12.5. The molecule has 0 aliphatic rings. The summed E-state index contributed by atoms with van der Waals surface area (Å²) in [5.41, 5.74) is 3.49. The molecule has 1 atom stereocenters. The van der Waals surface area contributed by atoms with Crippen molar-refractivity contribution in [1.29, 1.82) is 0 Å². The molecular weight excluding hydrogens is 354 g/mol. The first-order chi connectivity index (χ1) is 10.0. The highest BCUT2D eigenvalue weighted by Crippen LogP contribution is 2.28. The Hall–Kier alpha value is -1.72. The Kier molecular flexibility index (Phi) is 3.78. The lowest BCUT2D eigenvalue weighted by Crippen LogP contribution is -2.06. The van der Waals surface area contributed by atoms with Crippen LogP contribution in [0.5, 0.6) is 0 Å². The zero-order chi connectivity index (χ0) is 15.0. The summed E-state index contributed by atoms with van der Waals surface area (Å²) in [6.45, 7) is 2.06. The smallest absolute Gasteiger partial charge is 0.323 e. The number of hydrogen-bond acceptors (Lipinski definition) is 2. The Balaban J connectivity index is 1.87. The van der Waals surface area contributed by atoms with Gasteiger partial charge in [-0.2, -0.15) is 0 Å². The van der Waals surface area contributed by atoms with Gasteiger partial charge in [0.15, 0.2) is 0 Å². The Morgan fingerprint density at radius 2 is 1.90 bits per heavy atom. The van der Waals surface area contributed by atoms with Crippen molar-refractivity contribution >= 4 is 44.3 Å². The quantitative estimate of drug-likeness (QED) is 0.641. The number of anilines is 1. The molecule has 6 heteroatoms. The summed E-state index contributed by atoms with van der Waals surface area (Å²) in [4.78, 5) is 16.8. The summed E-state index contributed by atoms with van der Waals surface area (Å²) in [6, 6.07) is 11.7. The van der Waals surface area contributed by atoms with E-state index < -0.39 is 0 Å². The first kappa shape index (κ1) is 14.2. The summed E-state index contributed by atoms with van der Waals surface area (Å²) in [5.74, 6) is 0. The fraction of sp³-hybridized carbons (Fsp3) is 0.133. The summed E-state index contributed by atoms with van der Waals surface area (Å²) < 4.78 is 0.854. The predicted molar refractivity (Wildman–Crippen MR) is 90.1 cm³/mol. The van der Waals surface area contributed by atoms with Crippen molar-refractivity contribution in [3.8, 4) is 0 Å². The van der Waals surface area contributed by atoms with E-state index in [1.807, 2.05) is 36.4 Å². The largest absolute Gasteiger partial charge is 0.378 e. The fourth-order valence-corrected chi connectivity index (χ4v) is 2.74.